The maximum absolute atomic E-state index is 4.39. The largest absolute Gasteiger partial charge is 0.232 e. The molecule has 0 aliphatic rings. The van der Waals surface area contributed by atoms with Crippen LogP contribution in [-0.2, 0) is 0 Å². The summed E-state index contributed by atoms with van der Waals surface area (Å²) in [6.45, 7) is 0. The van der Waals surface area contributed by atoms with Crippen molar-refractivity contribution < 1.29 is 0 Å². The Morgan fingerprint density at radius 2 is 1.17 bits per heavy atom. The summed E-state index contributed by atoms with van der Waals surface area (Å²) in [6, 6.07) is 16.5. The third-order valence-corrected chi connectivity index (χ3v) is 3.28. The molecule has 1 aromatic heterocycles. The van der Waals surface area contributed by atoms with Gasteiger partial charge in [0, 0.05) is 10.8 Å². The van der Waals surface area contributed by atoms with Gasteiger partial charge in [-0.15, -0.1) is 10.2 Å². The zero-order valence-corrected chi connectivity index (χ0v) is 9.54. The number of benzene rings is 3. The fourth-order valence-corrected chi connectivity index (χ4v) is 2.50. The van der Waals surface area contributed by atoms with Gasteiger partial charge in [-0.3, -0.25) is 0 Å². The van der Waals surface area contributed by atoms with Crippen LogP contribution in [0.25, 0.3) is 32.6 Å². The van der Waals surface area contributed by atoms with Crippen LogP contribution in [0.3, 0.4) is 0 Å². The summed E-state index contributed by atoms with van der Waals surface area (Å²) in [5, 5.41) is 12.8. The van der Waals surface area contributed by atoms with Crippen LogP contribution in [0.1, 0.15) is 0 Å². The first kappa shape index (κ1) is 9.48. The van der Waals surface area contributed by atoms with Crippen LogP contribution in [0.2, 0.25) is 0 Å². The van der Waals surface area contributed by atoms with Crippen molar-refractivity contribution in [3.05, 3.63) is 54.9 Å². The number of hydrogen-bond acceptors (Lipinski definition) is 3. The van der Waals surface area contributed by atoms with Gasteiger partial charge in [0.05, 0.1) is 0 Å². The van der Waals surface area contributed by atoms with Crippen molar-refractivity contribution in [2.45, 2.75) is 0 Å². The molecule has 4 aromatic rings. The van der Waals surface area contributed by atoms with Gasteiger partial charge < -0.3 is 0 Å². The van der Waals surface area contributed by atoms with Crippen LogP contribution in [-0.4, -0.2) is 15.2 Å². The average molecular weight is 231 g/mol. The lowest BCUT2D eigenvalue weighted by Crippen LogP contribution is -1.90. The Labute approximate surface area is 103 Å². The topological polar surface area (TPSA) is 38.7 Å². The highest BCUT2D eigenvalue weighted by Gasteiger charge is 2.09. The second kappa shape index (κ2) is 3.47. The molecule has 0 N–H and O–H groups in total. The Kier molecular flexibility index (Phi) is 1.83. The normalized spacial score (nSPS) is 11.3. The van der Waals surface area contributed by atoms with E-state index in [1.807, 2.05) is 18.2 Å². The van der Waals surface area contributed by atoms with Gasteiger partial charge in [0.2, 0.25) is 0 Å². The molecule has 0 saturated carbocycles. The van der Waals surface area contributed by atoms with Gasteiger partial charge in [0.15, 0.2) is 0 Å². The Bertz CT molecular complexity index is 663. The minimum absolute atomic E-state index is 0.867. The van der Waals surface area contributed by atoms with Crippen molar-refractivity contribution in [1.29, 1.82) is 0 Å². The monoisotopic (exact) mass is 231 g/mol. The van der Waals surface area contributed by atoms with Crippen LogP contribution in [0.5, 0.6) is 0 Å². The summed E-state index contributed by atoms with van der Waals surface area (Å²) in [6.07, 6.45) is 1.50. The summed E-state index contributed by atoms with van der Waals surface area (Å²) in [4.78, 5) is 4.39. The molecule has 0 saturated heterocycles. The lowest BCUT2D eigenvalue weighted by molar-refractivity contribution is 1.03. The first-order chi connectivity index (χ1) is 8.95. The molecular formula is C15H9N3. The van der Waals surface area contributed by atoms with Crippen LogP contribution < -0.4 is 0 Å². The SMILES string of the molecule is c1ccc2c(c1)c1ccccc1c1nncnc21. The van der Waals surface area contributed by atoms with E-state index in [2.05, 4.69) is 45.5 Å². The Hall–Kier alpha value is -2.55. The molecule has 0 amide bonds. The van der Waals surface area contributed by atoms with Crippen molar-refractivity contribution >= 4 is 32.6 Å². The predicted octanol–water partition coefficient (Wildman–Crippen LogP) is 3.33. The summed E-state index contributed by atoms with van der Waals surface area (Å²) in [5.74, 6) is 0. The molecule has 0 atom stereocenters. The second-order valence-corrected chi connectivity index (χ2v) is 4.25. The molecule has 3 heteroatoms. The molecule has 0 unspecified atom stereocenters. The molecule has 0 radical (unpaired) electrons. The highest BCUT2D eigenvalue weighted by atomic mass is 15.1. The molecule has 0 aliphatic carbocycles. The van der Waals surface area contributed by atoms with Gasteiger partial charge in [0.25, 0.3) is 0 Å². The third-order valence-electron chi connectivity index (χ3n) is 3.28. The van der Waals surface area contributed by atoms with E-state index in [0.717, 1.165) is 21.8 Å². The summed E-state index contributed by atoms with van der Waals surface area (Å²) in [5.41, 5.74) is 1.78. The molecule has 0 bridgehead atoms. The van der Waals surface area contributed by atoms with E-state index in [1.54, 1.807) is 0 Å². The van der Waals surface area contributed by atoms with Crippen molar-refractivity contribution in [2.24, 2.45) is 0 Å². The number of hydrogen-bond donors (Lipinski definition) is 0. The first-order valence-corrected chi connectivity index (χ1v) is 5.82. The summed E-state index contributed by atoms with van der Waals surface area (Å²) in [7, 11) is 0. The number of aromatic nitrogens is 3. The number of nitrogens with zero attached hydrogens (tertiary/aromatic N) is 3. The first-order valence-electron chi connectivity index (χ1n) is 5.82. The van der Waals surface area contributed by atoms with Crippen LogP contribution in [0, 0.1) is 0 Å². The molecule has 18 heavy (non-hydrogen) atoms. The van der Waals surface area contributed by atoms with Crippen LogP contribution in [0.15, 0.2) is 54.9 Å². The molecule has 1 heterocycles. The maximum Gasteiger partial charge on any atom is 0.138 e. The van der Waals surface area contributed by atoms with Gasteiger partial charge in [-0.25, -0.2) is 4.98 Å². The molecule has 3 aromatic carbocycles. The summed E-state index contributed by atoms with van der Waals surface area (Å²) < 4.78 is 0. The van der Waals surface area contributed by atoms with E-state index in [0.29, 0.717) is 0 Å². The second-order valence-electron chi connectivity index (χ2n) is 4.25. The minimum Gasteiger partial charge on any atom is -0.232 e. The summed E-state index contributed by atoms with van der Waals surface area (Å²) >= 11 is 0. The Morgan fingerprint density at radius 3 is 1.83 bits per heavy atom. The van der Waals surface area contributed by atoms with Crippen molar-refractivity contribution in [2.75, 3.05) is 0 Å². The van der Waals surface area contributed by atoms with Gasteiger partial charge in [0.1, 0.15) is 17.4 Å². The molecule has 0 spiro atoms. The number of fused-ring (bicyclic) bond motifs is 6. The lowest BCUT2D eigenvalue weighted by Gasteiger charge is -2.07. The van der Waals surface area contributed by atoms with E-state index >= 15 is 0 Å². The van der Waals surface area contributed by atoms with E-state index in [1.165, 1.54) is 17.1 Å². The third kappa shape index (κ3) is 1.16. The Morgan fingerprint density at radius 1 is 0.611 bits per heavy atom. The average Bonchev–Trinajstić information content (AvgIpc) is 2.48. The van der Waals surface area contributed by atoms with Crippen LogP contribution in [0.4, 0.5) is 0 Å². The highest BCUT2D eigenvalue weighted by Crippen LogP contribution is 2.31. The van der Waals surface area contributed by atoms with Crippen molar-refractivity contribution in [3.8, 4) is 0 Å². The molecule has 0 aliphatic heterocycles. The smallest absolute Gasteiger partial charge is 0.138 e. The zero-order valence-electron chi connectivity index (χ0n) is 9.54. The van der Waals surface area contributed by atoms with E-state index in [-0.39, 0.29) is 0 Å². The molecule has 0 fully saturated rings. The van der Waals surface area contributed by atoms with Crippen molar-refractivity contribution in [3.63, 3.8) is 0 Å². The van der Waals surface area contributed by atoms with E-state index in [9.17, 15) is 0 Å². The van der Waals surface area contributed by atoms with Crippen LogP contribution >= 0.6 is 0 Å². The quantitative estimate of drug-likeness (QED) is 0.436. The van der Waals surface area contributed by atoms with E-state index < -0.39 is 0 Å². The maximum atomic E-state index is 4.39. The fourth-order valence-electron chi connectivity index (χ4n) is 2.50. The standard InChI is InChI=1S/C15H9N3/c1-3-7-12-10(5-1)11-6-2-4-8-13(11)15-14(12)16-9-17-18-15/h1-9H. The Balaban J connectivity index is 2.46. The number of rotatable bonds is 0. The van der Waals surface area contributed by atoms with Crippen molar-refractivity contribution in [1.82, 2.24) is 15.2 Å². The highest BCUT2D eigenvalue weighted by molar-refractivity contribution is 6.22. The molecule has 3 nitrogen and oxygen atoms in total. The van der Waals surface area contributed by atoms with Gasteiger partial charge >= 0.3 is 0 Å². The molecule has 4 rings (SSSR count). The van der Waals surface area contributed by atoms with Gasteiger partial charge in [-0.2, -0.15) is 0 Å². The molecule has 84 valence electrons. The molecular weight excluding hydrogens is 222 g/mol. The zero-order chi connectivity index (χ0) is 11.9. The predicted molar refractivity (Wildman–Crippen MR) is 72.3 cm³/mol. The van der Waals surface area contributed by atoms with Gasteiger partial charge in [-0.05, 0) is 10.8 Å². The fraction of sp³-hybridized carbons (Fsp3) is 0. The van der Waals surface area contributed by atoms with Gasteiger partial charge in [-0.1, -0.05) is 48.5 Å². The minimum atomic E-state index is 0.867. The lowest BCUT2D eigenvalue weighted by atomic mass is 10.00. The van der Waals surface area contributed by atoms with E-state index in [4.69, 9.17) is 0 Å².